The number of aliphatic hydroxyl groups excluding tert-OH is 10. The summed E-state index contributed by atoms with van der Waals surface area (Å²) in [7, 11) is -15.3. The predicted octanol–water partition coefficient (Wildman–Crippen LogP) is 36.5. The van der Waals surface area contributed by atoms with Crippen molar-refractivity contribution in [2.75, 3.05) is 66.1 Å². The Kier molecular flexibility index (Phi) is 88.0. The third-order valence-corrected chi connectivity index (χ3v) is 86.3. The summed E-state index contributed by atoms with van der Waals surface area (Å²) >= 11 is 0. The molecule has 844 valence electrons. The van der Waals surface area contributed by atoms with Gasteiger partial charge in [-0.05, 0) is 142 Å². The van der Waals surface area contributed by atoms with Gasteiger partial charge in [0.25, 0.3) is 0 Å². The lowest BCUT2D eigenvalue weighted by atomic mass is 9.81. The van der Waals surface area contributed by atoms with Crippen molar-refractivity contribution in [3.63, 3.8) is 0 Å². The van der Waals surface area contributed by atoms with E-state index in [1.807, 2.05) is 0 Å². The van der Waals surface area contributed by atoms with Crippen molar-refractivity contribution < 1.29 is 59.3 Å². The Morgan fingerprint density at radius 1 is 0.151 bits per heavy atom. The molecule has 0 aromatic rings. The van der Waals surface area contributed by atoms with Gasteiger partial charge in [-0.15, -0.1) is 0 Å². The van der Waals surface area contributed by atoms with Crippen LogP contribution in [0.4, 0.5) is 0 Å². The summed E-state index contributed by atoms with van der Waals surface area (Å²) in [4.78, 5) is 0. The van der Waals surface area contributed by atoms with Crippen LogP contribution < -0.4 is 0 Å². The Labute approximate surface area is 886 Å². The number of rotatable bonds is 90. The number of aliphatic hydroxyl groups is 10. The molecule has 0 saturated carbocycles. The monoisotopic (exact) mass is 2170 g/mol. The molecule has 0 saturated heterocycles. The highest BCUT2D eigenvalue weighted by molar-refractivity contribution is 6.86. The van der Waals surface area contributed by atoms with Crippen molar-refractivity contribution in [3.8, 4) is 0 Å². The second-order valence-corrected chi connectivity index (χ2v) is 114. The smallest absolute Gasteiger partial charge is 0.173 e. The Morgan fingerprint density at radius 3 is 0.403 bits per heavy atom. The normalized spacial score (nSPS) is 13.6. The van der Waals surface area contributed by atoms with Gasteiger partial charge in [0.15, 0.2) is 33.3 Å². The van der Waals surface area contributed by atoms with Gasteiger partial charge in [-0.25, -0.2) is 0 Å². The lowest BCUT2D eigenvalue weighted by molar-refractivity contribution is 0.0381. The van der Waals surface area contributed by atoms with Crippen molar-refractivity contribution >= 4 is 97.9 Å². The summed E-state index contributed by atoms with van der Waals surface area (Å²) in [5.41, 5.74) is -1.30. The Morgan fingerprint density at radius 2 is 0.281 bits per heavy atom. The average molecular weight is 2180 g/mol. The van der Waals surface area contributed by atoms with Crippen LogP contribution in [0.3, 0.4) is 0 Å². The van der Waals surface area contributed by atoms with E-state index >= 15 is 0 Å². The van der Waals surface area contributed by atoms with Crippen molar-refractivity contribution in [1.29, 1.82) is 0 Å². The standard InChI is InChI=1S/C33H72O2Si2.C27H60O2Si2.C21H48O2Si2.C19H48O4Si4.C15H36O2Si2/c1-7-13-23-36(24-14-8-2,25-15-9-3)29-19-21-33(31-34,32-35)22-20-30-37(26-16-10-4,27-17-11-5)28-18-12-6;1-7-17-30(18-8-2,19-9-3)23-13-15-27(25-28,26-29)16-14-24-31(20-10-4,21-11-5)22-12-6;1-7-24(8-2,9-3)17-13-15-21(19-22,20-23)16-14-18-25(10-4,11-5)12-6;1-24(2,3)22-26(7,8)15-11-13-19(17-20,18-21)14-12-16-27(9,10)23-25(4,5)6;1-18(2,3)11-7-9-15(13-16,14-17)10-8-12-19(4,5)6/h34-35H,7-32H2,1-6H3;28-29H,7-26H2,1-6H3;22-23H,7-20H2,1-6H3;20-21H,11-18H2,1-10H3;16-17H,7-14H2,1-6H3. The van der Waals surface area contributed by atoms with Crippen LogP contribution in [0.15, 0.2) is 0 Å². The number of unbranched alkanes of at least 4 members (excludes halogenated alkanes) is 6. The second-order valence-electron chi connectivity index (χ2n) is 52.9. The van der Waals surface area contributed by atoms with E-state index in [0.29, 0.717) is 0 Å². The van der Waals surface area contributed by atoms with E-state index in [2.05, 4.69) is 229 Å². The minimum absolute atomic E-state index is 0.0667. The van der Waals surface area contributed by atoms with Crippen LogP contribution in [0, 0.1) is 27.1 Å². The van der Waals surface area contributed by atoms with Crippen LogP contribution in [-0.2, 0) is 8.23 Å². The van der Waals surface area contributed by atoms with Crippen LogP contribution >= 0.6 is 0 Å². The van der Waals surface area contributed by atoms with Gasteiger partial charge in [0.05, 0.1) is 115 Å². The molecule has 0 spiro atoms. The molecule has 0 rings (SSSR count). The van der Waals surface area contributed by atoms with Gasteiger partial charge in [0.2, 0.25) is 0 Å². The summed E-state index contributed by atoms with van der Waals surface area (Å²) in [6.07, 6.45) is 45.9. The molecule has 139 heavy (non-hydrogen) atoms. The fourth-order valence-electron chi connectivity index (χ4n) is 25.1. The van der Waals surface area contributed by atoms with Gasteiger partial charge >= 0.3 is 0 Å². The summed E-state index contributed by atoms with van der Waals surface area (Å²) in [6.45, 7) is 80.9. The summed E-state index contributed by atoms with van der Waals surface area (Å²) < 4.78 is 12.9. The molecule has 0 unspecified atom stereocenters. The highest BCUT2D eigenvalue weighted by atomic mass is 28.4. The molecule has 24 heteroatoms. The van der Waals surface area contributed by atoms with Crippen LogP contribution in [0.2, 0.25) is 274 Å². The maximum atomic E-state index is 10.5. The molecule has 0 aliphatic heterocycles. The first kappa shape index (κ1) is 150. The maximum Gasteiger partial charge on any atom is 0.173 e. The van der Waals surface area contributed by atoms with Gasteiger partial charge in [0.1, 0.15) is 0 Å². The summed E-state index contributed by atoms with van der Waals surface area (Å²) in [6, 6.07) is 39.3. The predicted molar refractivity (Wildman–Crippen MR) is 660 cm³/mol. The zero-order valence-corrected chi connectivity index (χ0v) is 114. The summed E-state index contributed by atoms with van der Waals surface area (Å²) in [5.74, 6) is 0. The van der Waals surface area contributed by atoms with Crippen molar-refractivity contribution in [3.05, 3.63) is 0 Å². The third kappa shape index (κ3) is 69.5. The molecule has 0 fully saturated rings. The summed E-state index contributed by atoms with van der Waals surface area (Å²) in [5, 5.41) is 101. The van der Waals surface area contributed by atoms with E-state index < -0.39 is 97.9 Å². The fourth-order valence-corrected chi connectivity index (χ4v) is 73.3. The van der Waals surface area contributed by atoms with E-state index in [1.54, 1.807) is 0 Å². The van der Waals surface area contributed by atoms with E-state index in [-0.39, 0.29) is 93.1 Å². The van der Waals surface area contributed by atoms with E-state index in [9.17, 15) is 51.1 Å². The molecule has 0 bridgehead atoms. The van der Waals surface area contributed by atoms with Gasteiger partial charge in [0, 0.05) is 43.2 Å². The molecule has 12 nitrogen and oxygen atoms in total. The lowest BCUT2D eigenvalue weighted by Gasteiger charge is -2.37. The van der Waals surface area contributed by atoms with Crippen molar-refractivity contribution in [2.24, 2.45) is 27.1 Å². The lowest BCUT2D eigenvalue weighted by Crippen LogP contribution is -2.43. The van der Waals surface area contributed by atoms with Gasteiger partial charge < -0.3 is 59.3 Å². The quantitative estimate of drug-likeness (QED) is 0.0257. The second kappa shape index (κ2) is 81.8. The van der Waals surface area contributed by atoms with E-state index in [4.69, 9.17) is 8.23 Å². The van der Waals surface area contributed by atoms with Crippen LogP contribution in [-0.4, -0.2) is 215 Å². The highest BCUT2D eigenvalue weighted by Crippen LogP contribution is 2.45. The molecule has 0 heterocycles. The van der Waals surface area contributed by atoms with Gasteiger partial charge in [-0.1, -0.05) is 501 Å². The first-order valence-electron chi connectivity index (χ1n) is 60.7. The minimum atomic E-state index is -1.66. The molecule has 0 atom stereocenters. The molecule has 0 aromatic carbocycles. The SMILES string of the molecule is CCCC[Si](CCCC)(CCCC)CCCC(CO)(CO)CCC[Si](CCCC)(CCCC)CCCC.CCC[Si](CCC)(CCC)CCCC(CO)(CO)CCC[Si](CCC)(CCC)CCC.CC[Si](CC)(CC)CCCC(CO)(CO)CCC[Si](CC)(CC)CC.C[Si](C)(C)CCCC(CO)(CO)CCC[Si](C)(C)C.C[Si](C)(C)O[Si](C)(C)CCCC(CO)(CO)CCC[Si](C)(C)O[Si](C)(C)C. The minimum Gasteiger partial charge on any atom is -0.456 e. The zero-order chi connectivity index (χ0) is 108. The fraction of sp³-hybridized carbons (Fsp3) is 1.00. The molecule has 10 N–H and O–H groups in total. The average Bonchev–Trinajstić information content (AvgIpc) is 0.844. The van der Waals surface area contributed by atoms with E-state index in [0.717, 1.165) is 102 Å². The molecule has 0 amide bonds. The Bertz CT molecular complexity index is 2460. The Hall–Kier alpha value is 2.12. The molecule has 0 aliphatic rings. The largest absolute Gasteiger partial charge is 0.456 e. The number of hydrogen-bond donors (Lipinski definition) is 10. The molecular weight excluding hydrogens is 1910 g/mol. The van der Waals surface area contributed by atoms with Gasteiger partial charge in [-0.3, -0.25) is 0 Å². The van der Waals surface area contributed by atoms with Crippen LogP contribution in [0.5, 0.6) is 0 Å². The molecule has 0 radical (unpaired) electrons. The van der Waals surface area contributed by atoms with Crippen molar-refractivity contribution in [1.82, 2.24) is 0 Å². The molecule has 0 aliphatic carbocycles. The molecular formula is C115H264O12Si12. The number of hydrogen-bond acceptors (Lipinski definition) is 12. The topological polar surface area (TPSA) is 221 Å². The van der Waals surface area contributed by atoms with Crippen LogP contribution in [0.25, 0.3) is 0 Å². The highest BCUT2D eigenvalue weighted by Gasteiger charge is 2.42. The maximum absolute atomic E-state index is 10.5. The first-order chi connectivity index (χ1) is 65.2. The van der Waals surface area contributed by atoms with Crippen molar-refractivity contribution in [2.45, 2.75) is 643 Å². The Balaban J connectivity index is -0.000000546. The third-order valence-electron chi connectivity index (χ3n) is 34.8. The zero-order valence-electron chi connectivity index (χ0n) is 102. The molecule has 0 aromatic heterocycles. The van der Waals surface area contributed by atoms with E-state index in [1.165, 1.54) is 311 Å². The van der Waals surface area contributed by atoms with Crippen LogP contribution in [0.1, 0.15) is 369 Å². The first-order valence-corrected chi connectivity index (χ1v) is 98.1. The van der Waals surface area contributed by atoms with Gasteiger partial charge in [-0.2, -0.15) is 0 Å².